The molecular formula is C13H24N4O3. The van der Waals surface area contributed by atoms with Crippen molar-refractivity contribution in [3.63, 3.8) is 0 Å². The van der Waals surface area contributed by atoms with Gasteiger partial charge in [-0.3, -0.25) is 4.90 Å². The smallest absolute Gasteiger partial charge is 0.255 e. The van der Waals surface area contributed by atoms with Gasteiger partial charge in [0.05, 0.1) is 19.3 Å². The van der Waals surface area contributed by atoms with Gasteiger partial charge in [0.15, 0.2) is 5.82 Å². The minimum atomic E-state index is -0.210. The van der Waals surface area contributed by atoms with Crippen molar-refractivity contribution in [2.45, 2.75) is 26.0 Å². The van der Waals surface area contributed by atoms with Gasteiger partial charge in [0.25, 0.3) is 5.89 Å². The SMILES string of the molecule is CCOCCOC(C)c1nc(C2CNCCN2C)no1. The van der Waals surface area contributed by atoms with E-state index < -0.39 is 0 Å². The lowest BCUT2D eigenvalue weighted by Gasteiger charge is -2.30. The molecule has 1 aliphatic rings. The molecule has 20 heavy (non-hydrogen) atoms. The molecule has 1 N–H and O–H groups in total. The summed E-state index contributed by atoms with van der Waals surface area (Å²) in [7, 11) is 2.07. The molecule has 0 spiro atoms. The number of ether oxygens (including phenoxy) is 2. The van der Waals surface area contributed by atoms with Crippen LogP contribution >= 0.6 is 0 Å². The van der Waals surface area contributed by atoms with Gasteiger partial charge in [-0.05, 0) is 20.9 Å². The lowest BCUT2D eigenvalue weighted by molar-refractivity contribution is 0.00144. The molecule has 0 aliphatic carbocycles. The first-order valence-corrected chi connectivity index (χ1v) is 7.16. The third-order valence-corrected chi connectivity index (χ3v) is 3.41. The van der Waals surface area contributed by atoms with Crippen molar-refractivity contribution >= 4 is 0 Å². The highest BCUT2D eigenvalue weighted by Gasteiger charge is 2.26. The summed E-state index contributed by atoms with van der Waals surface area (Å²) in [5.41, 5.74) is 0. The van der Waals surface area contributed by atoms with Crippen LogP contribution in [0.5, 0.6) is 0 Å². The van der Waals surface area contributed by atoms with Gasteiger partial charge >= 0.3 is 0 Å². The van der Waals surface area contributed by atoms with Crippen LogP contribution in [0.4, 0.5) is 0 Å². The van der Waals surface area contributed by atoms with Crippen LogP contribution in [0.15, 0.2) is 4.52 Å². The largest absolute Gasteiger partial charge is 0.379 e. The number of hydrogen-bond acceptors (Lipinski definition) is 7. The first-order chi connectivity index (χ1) is 9.72. The molecule has 2 heterocycles. The molecule has 7 heteroatoms. The monoisotopic (exact) mass is 284 g/mol. The van der Waals surface area contributed by atoms with Crippen LogP contribution in [0, 0.1) is 0 Å². The van der Waals surface area contributed by atoms with Gasteiger partial charge in [-0.25, -0.2) is 0 Å². The molecular weight excluding hydrogens is 260 g/mol. The highest BCUT2D eigenvalue weighted by molar-refractivity contribution is 4.98. The molecule has 2 unspecified atom stereocenters. The van der Waals surface area contributed by atoms with Crippen LogP contribution in [-0.4, -0.2) is 61.5 Å². The number of nitrogens with one attached hydrogen (secondary N) is 1. The maximum Gasteiger partial charge on any atom is 0.255 e. The maximum atomic E-state index is 5.61. The Morgan fingerprint density at radius 3 is 3.10 bits per heavy atom. The van der Waals surface area contributed by atoms with Crippen molar-refractivity contribution < 1.29 is 14.0 Å². The lowest BCUT2D eigenvalue weighted by atomic mass is 10.2. The molecule has 2 rings (SSSR count). The van der Waals surface area contributed by atoms with E-state index in [1.54, 1.807) is 0 Å². The summed E-state index contributed by atoms with van der Waals surface area (Å²) in [6.07, 6.45) is -0.210. The Bertz CT molecular complexity index is 399. The van der Waals surface area contributed by atoms with Crippen molar-refractivity contribution in [3.05, 3.63) is 11.7 Å². The van der Waals surface area contributed by atoms with Gasteiger partial charge in [-0.1, -0.05) is 5.16 Å². The van der Waals surface area contributed by atoms with Crippen molar-refractivity contribution in [2.24, 2.45) is 0 Å². The molecule has 0 amide bonds. The summed E-state index contributed by atoms with van der Waals surface area (Å²) in [4.78, 5) is 6.69. The molecule has 1 aliphatic heterocycles. The molecule has 0 radical (unpaired) electrons. The van der Waals surface area contributed by atoms with E-state index in [0.29, 0.717) is 25.7 Å². The van der Waals surface area contributed by atoms with Crippen LogP contribution in [0.2, 0.25) is 0 Å². The average molecular weight is 284 g/mol. The number of nitrogens with zero attached hydrogens (tertiary/aromatic N) is 3. The summed E-state index contributed by atoms with van der Waals surface area (Å²) >= 11 is 0. The normalized spacial score (nSPS) is 22.1. The van der Waals surface area contributed by atoms with E-state index in [1.807, 2.05) is 13.8 Å². The fourth-order valence-electron chi connectivity index (χ4n) is 2.14. The van der Waals surface area contributed by atoms with Gasteiger partial charge in [0.2, 0.25) is 0 Å². The van der Waals surface area contributed by atoms with Crippen molar-refractivity contribution in [2.75, 3.05) is 46.5 Å². The van der Waals surface area contributed by atoms with Crippen molar-refractivity contribution in [3.8, 4) is 0 Å². The second kappa shape index (κ2) is 7.68. The van der Waals surface area contributed by atoms with E-state index in [2.05, 4.69) is 27.4 Å². The molecule has 1 fully saturated rings. The van der Waals surface area contributed by atoms with E-state index in [9.17, 15) is 0 Å². The fraction of sp³-hybridized carbons (Fsp3) is 0.846. The molecule has 0 saturated carbocycles. The molecule has 114 valence electrons. The predicted octanol–water partition coefficient (Wildman–Crippen LogP) is 0.760. The zero-order chi connectivity index (χ0) is 14.4. The van der Waals surface area contributed by atoms with E-state index >= 15 is 0 Å². The number of likely N-dealkylation sites (N-methyl/N-ethyl adjacent to an activating group) is 1. The Hall–Kier alpha value is -1.02. The predicted molar refractivity (Wildman–Crippen MR) is 73.4 cm³/mol. The first-order valence-electron chi connectivity index (χ1n) is 7.16. The second-order valence-corrected chi connectivity index (χ2v) is 4.90. The summed E-state index contributed by atoms with van der Waals surface area (Å²) < 4.78 is 16.1. The first kappa shape index (κ1) is 15.4. The summed E-state index contributed by atoms with van der Waals surface area (Å²) in [5, 5.41) is 7.42. The summed E-state index contributed by atoms with van der Waals surface area (Å²) in [6.45, 7) is 8.49. The van der Waals surface area contributed by atoms with Crippen LogP contribution in [0.25, 0.3) is 0 Å². The second-order valence-electron chi connectivity index (χ2n) is 4.90. The minimum absolute atomic E-state index is 0.164. The Morgan fingerprint density at radius 2 is 2.35 bits per heavy atom. The van der Waals surface area contributed by atoms with E-state index in [4.69, 9.17) is 14.0 Å². The molecule has 1 aromatic heterocycles. The van der Waals surface area contributed by atoms with Crippen LogP contribution in [0.3, 0.4) is 0 Å². The van der Waals surface area contributed by atoms with Gasteiger partial charge in [0, 0.05) is 26.2 Å². The van der Waals surface area contributed by atoms with Gasteiger partial charge in [0.1, 0.15) is 6.10 Å². The van der Waals surface area contributed by atoms with E-state index in [0.717, 1.165) is 25.5 Å². The Kier molecular flexibility index (Phi) is 5.90. The topological polar surface area (TPSA) is 72.7 Å². The van der Waals surface area contributed by atoms with E-state index in [-0.39, 0.29) is 12.1 Å². The summed E-state index contributed by atoms with van der Waals surface area (Å²) in [5.74, 6) is 1.24. The molecule has 2 atom stereocenters. The molecule has 1 aromatic rings. The van der Waals surface area contributed by atoms with Gasteiger partial charge < -0.3 is 19.3 Å². The number of hydrogen-bond donors (Lipinski definition) is 1. The van der Waals surface area contributed by atoms with Crippen LogP contribution in [0.1, 0.15) is 37.7 Å². The number of rotatable bonds is 7. The Balaban J connectivity index is 1.87. The van der Waals surface area contributed by atoms with Gasteiger partial charge in [-0.15, -0.1) is 0 Å². The quantitative estimate of drug-likeness (QED) is 0.741. The standard InChI is InChI=1S/C13H24N4O3/c1-4-18-7-8-19-10(2)13-15-12(16-20-13)11-9-14-5-6-17(11)3/h10-11,14H,4-9H2,1-3H3. The fourth-order valence-corrected chi connectivity index (χ4v) is 2.14. The van der Waals surface area contributed by atoms with Crippen molar-refractivity contribution in [1.82, 2.24) is 20.4 Å². The Morgan fingerprint density at radius 1 is 1.50 bits per heavy atom. The zero-order valence-corrected chi connectivity index (χ0v) is 12.5. The average Bonchev–Trinajstić information content (AvgIpc) is 2.93. The molecule has 7 nitrogen and oxygen atoms in total. The third-order valence-electron chi connectivity index (χ3n) is 3.41. The van der Waals surface area contributed by atoms with Crippen LogP contribution < -0.4 is 5.32 Å². The molecule has 0 aromatic carbocycles. The Labute approximate surface area is 119 Å². The number of piperazine rings is 1. The maximum absolute atomic E-state index is 5.61. The van der Waals surface area contributed by atoms with Crippen LogP contribution in [-0.2, 0) is 9.47 Å². The molecule has 0 bridgehead atoms. The third kappa shape index (κ3) is 3.99. The van der Waals surface area contributed by atoms with E-state index in [1.165, 1.54) is 0 Å². The van der Waals surface area contributed by atoms with Gasteiger partial charge in [-0.2, -0.15) is 4.98 Å². The highest BCUT2D eigenvalue weighted by atomic mass is 16.5. The lowest BCUT2D eigenvalue weighted by Crippen LogP contribution is -2.44. The zero-order valence-electron chi connectivity index (χ0n) is 12.5. The highest BCUT2D eigenvalue weighted by Crippen LogP contribution is 2.21. The minimum Gasteiger partial charge on any atom is -0.379 e. The number of aromatic nitrogens is 2. The van der Waals surface area contributed by atoms with Crippen molar-refractivity contribution in [1.29, 1.82) is 0 Å². The summed E-state index contributed by atoms with van der Waals surface area (Å²) in [6, 6.07) is 0.164. The molecule has 1 saturated heterocycles.